The number of benzene rings is 2. The number of aliphatic hydroxyl groups is 1. The molecule has 1 unspecified atom stereocenters. The number of aromatic nitrogens is 2. The lowest BCUT2D eigenvalue weighted by Gasteiger charge is -2.17. The van der Waals surface area contributed by atoms with E-state index in [0.717, 1.165) is 23.5 Å². The van der Waals surface area contributed by atoms with E-state index in [0.29, 0.717) is 0 Å². The summed E-state index contributed by atoms with van der Waals surface area (Å²) in [4.78, 5) is 0. The zero-order valence-corrected chi connectivity index (χ0v) is 14.1. The van der Waals surface area contributed by atoms with Crippen LogP contribution in [0, 0.1) is 6.92 Å². The molecule has 0 spiro atoms. The van der Waals surface area contributed by atoms with Crippen molar-refractivity contribution >= 4 is 5.82 Å². The lowest BCUT2D eigenvalue weighted by atomic mass is 10.1. The molecule has 0 aliphatic heterocycles. The number of aliphatic hydroxyl groups excluding tert-OH is 1. The topological polar surface area (TPSA) is 50.1 Å². The summed E-state index contributed by atoms with van der Waals surface area (Å²) >= 11 is 0. The number of hydrogen-bond donors (Lipinski definition) is 2. The van der Waals surface area contributed by atoms with Crippen molar-refractivity contribution in [3.05, 3.63) is 83.0 Å². The molecule has 0 fully saturated rings. The van der Waals surface area contributed by atoms with Gasteiger partial charge in [0, 0.05) is 12.1 Å². The molecule has 0 radical (unpaired) electrons. The maximum absolute atomic E-state index is 9.29. The second kappa shape index (κ2) is 7.32. The first-order valence-corrected chi connectivity index (χ1v) is 8.19. The molecule has 1 atom stereocenters. The molecule has 24 heavy (non-hydrogen) atoms. The van der Waals surface area contributed by atoms with Gasteiger partial charge in [0.1, 0.15) is 5.82 Å². The minimum Gasteiger partial charge on any atom is -0.392 e. The predicted molar refractivity (Wildman–Crippen MR) is 96.9 cm³/mol. The summed E-state index contributed by atoms with van der Waals surface area (Å²) in [6.07, 6.45) is 1.81. The average molecular weight is 321 g/mol. The second-order valence-electron chi connectivity index (χ2n) is 6.13. The predicted octanol–water partition coefficient (Wildman–Crippen LogP) is 3.91. The smallest absolute Gasteiger partial charge is 0.125 e. The Labute approximate surface area is 142 Å². The molecular formula is C20H23N3O. The number of anilines is 1. The monoisotopic (exact) mass is 321 g/mol. The zero-order valence-electron chi connectivity index (χ0n) is 14.1. The van der Waals surface area contributed by atoms with Crippen molar-refractivity contribution in [1.29, 1.82) is 0 Å². The van der Waals surface area contributed by atoms with Crippen LogP contribution >= 0.6 is 0 Å². The van der Waals surface area contributed by atoms with Crippen LogP contribution < -0.4 is 5.32 Å². The van der Waals surface area contributed by atoms with E-state index in [-0.39, 0.29) is 12.6 Å². The molecule has 0 aliphatic carbocycles. The lowest BCUT2D eigenvalue weighted by molar-refractivity contribution is 0.281. The second-order valence-corrected chi connectivity index (χ2v) is 6.13. The Kier molecular flexibility index (Phi) is 4.96. The van der Waals surface area contributed by atoms with Crippen LogP contribution in [0.1, 0.15) is 35.2 Å². The van der Waals surface area contributed by atoms with E-state index in [4.69, 9.17) is 0 Å². The highest BCUT2D eigenvalue weighted by atomic mass is 16.3. The van der Waals surface area contributed by atoms with Gasteiger partial charge < -0.3 is 10.4 Å². The average Bonchev–Trinajstić information content (AvgIpc) is 3.03. The third-order valence-electron chi connectivity index (χ3n) is 4.17. The van der Waals surface area contributed by atoms with Crippen molar-refractivity contribution in [2.45, 2.75) is 33.0 Å². The first-order valence-electron chi connectivity index (χ1n) is 8.19. The molecular weight excluding hydrogens is 298 g/mol. The molecule has 0 bridgehead atoms. The van der Waals surface area contributed by atoms with Crippen LogP contribution in [-0.4, -0.2) is 14.9 Å². The lowest BCUT2D eigenvalue weighted by Crippen LogP contribution is -2.12. The molecule has 2 aromatic carbocycles. The molecule has 4 heteroatoms. The van der Waals surface area contributed by atoms with Crippen LogP contribution in [0.2, 0.25) is 0 Å². The minimum absolute atomic E-state index is 0.0614. The maximum atomic E-state index is 9.29. The van der Waals surface area contributed by atoms with E-state index in [1.54, 1.807) is 0 Å². The van der Waals surface area contributed by atoms with Gasteiger partial charge in [0.15, 0.2) is 0 Å². The van der Waals surface area contributed by atoms with Crippen LogP contribution in [0.15, 0.2) is 60.8 Å². The van der Waals surface area contributed by atoms with E-state index in [1.807, 2.05) is 35.1 Å². The molecule has 4 nitrogen and oxygen atoms in total. The van der Waals surface area contributed by atoms with Gasteiger partial charge in [0.2, 0.25) is 0 Å². The number of hydrogen-bond acceptors (Lipinski definition) is 3. The Morgan fingerprint density at radius 2 is 1.88 bits per heavy atom. The third kappa shape index (κ3) is 3.84. The number of rotatable bonds is 6. The summed E-state index contributed by atoms with van der Waals surface area (Å²) in [5.74, 6) is 0.984. The summed E-state index contributed by atoms with van der Waals surface area (Å²) in [5.41, 5.74) is 4.55. The van der Waals surface area contributed by atoms with Gasteiger partial charge >= 0.3 is 0 Å². The summed E-state index contributed by atoms with van der Waals surface area (Å²) in [5, 5.41) is 17.2. The van der Waals surface area contributed by atoms with E-state index in [1.165, 1.54) is 11.1 Å². The third-order valence-corrected chi connectivity index (χ3v) is 4.17. The molecule has 0 saturated heterocycles. The van der Waals surface area contributed by atoms with Crippen LogP contribution in [-0.2, 0) is 13.2 Å². The van der Waals surface area contributed by atoms with Crippen molar-refractivity contribution in [2.75, 3.05) is 5.32 Å². The molecule has 0 aliphatic rings. The van der Waals surface area contributed by atoms with Crippen molar-refractivity contribution in [2.24, 2.45) is 0 Å². The van der Waals surface area contributed by atoms with E-state index in [2.05, 4.69) is 54.6 Å². The fraction of sp³-hybridized carbons (Fsp3) is 0.250. The van der Waals surface area contributed by atoms with Gasteiger partial charge in [0.25, 0.3) is 0 Å². The molecule has 3 rings (SSSR count). The Hall–Kier alpha value is -2.59. The maximum Gasteiger partial charge on any atom is 0.125 e. The van der Waals surface area contributed by atoms with Gasteiger partial charge in [-0.3, -0.25) is 0 Å². The normalized spacial score (nSPS) is 12.1. The van der Waals surface area contributed by atoms with Gasteiger partial charge in [-0.25, -0.2) is 4.68 Å². The highest BCUT2D eigenvalue weighted by molar-refractivity contribution is 5.39. The quantitative estimate of drug-likeness (QED) is 0.724. The molecule has 1 heterocycles. The van der Waals surface area contributed by atoms with Gasteiger partial charge in [0.05, 0.1) is 19.3 Å². The van der Waals surface area contributed by atoms with Crippen molar-refractivity contribution in [1.82, 2.24) is 9.78 Å². The summed E-state index contributed by atoms with van der Waals surface area (Å²) in [7, 11) is 0. The van der Waals surface area contributed by atoms with Crippen molar-refractivity contribution < 1.29 is 5.11 Å². The van der Waals surface area contributed by atoms with Gasteiger partial charge in [-0.2, -0.15) is 5.10 Å². The van der Waals surface area contributed by atoms with Crippen LogP contribution in [0.3, 0.4) is 0 Å². The number of aryl methyl sites for hydroxylation is 1. The molecule has 124 valence electrons. The molecule has 0 saturated carbocycles. The van der Waals surface area contributed by atoms with E-state index >= 15 is 0 Å². The molecule has 0 amide bonds. The Balaban J connectivity index is 1.73. The Morgan fingerprint density at radius 1 is 1.08 bits per heavy atom. The highest BCUT2D eigenvalue weighted by Crippen LogP contribution is 2.21. The first kappa shape index (κ1) is 16.3. The SMILES string of the molecule is Cc1ccc(Cn2nccc2NC(C)c2cccc(CO)c2)cc1. The molecule has 2 N–H and O–H groups in total. The Morgan fingerprint density at radius 3 is 2.62 bits per heavy atom. The highest BCUT2D eigenvalue weighted by Gasteiger charge is 2.10. The number of nitrogens with zero attached hydrogens (tertiary/aromatic N) is 2. The van der Waals surface area contributed by atoms with Crippen LogP contribution in [0.4, 0.5) is 5.82 Å². The largest absolute Gasteiger partial charge is 0.392 e. The Bertz CT molecular complexity index is 793. The summed E-state index contributed by atoms with van der Waals surface area (Å²) in [6, 6.07) is 18.6. The van der Waals surface area contributed by atoms with Crippen molar-refractivity contribution in [3.8, 4) is 0 Å². The fourth-order valence-corrected chi connectivity index (χ4v) is 2.71. The van der Waals surface area contributed by atoms with Crippen LogP contribution in [0.25, 0.3) is 0 Å². The van der Waals surface area contributed by atoms with Gasteiger partial charge in [-0.1, -0.05) is 54.1 Å². The van der Waals surface area contributed by atoms with E-state index < -0.39 is 0 Å². The number of nitrogens with one attached hydrogen (secondary N) is 1. The minimum atomic E-state index is 0.0614. The summed E-state index contributed by atoms with van der Waals surface area (Å²) < 4.78 is 1.97. The molecule has 1 aromatic heterocycles. The van der Waals surface area contributed by atoms with Crippen LogP contribution in [0.5, 0.6) is 0 Å². The van der Waals surface area contributed by atoms with Crippen molar-refractivity contribution in [3.63, 3.8) is 0 Å². The summed E-state index contributed by atoms with van der Waals surface area (Å²) in [6.45, 7) is 5.00. The van der Waals surface area contributed by atoms with Gasteiger partial charge in [-0.05, 0) is 30.5 Å². The fourth-order valence-electron chi connectivity index (χ4n) is 2.71. The first-order chi connectivity index (χ1) is 11.7. The molecule has 3 aromatic rings. The van der Waals surface area contributed by atoms with Gasteiger partial charge in [-0.15, -0.1) is 0 Å². The van der Waals surface area contributed by atoms with E-state index in [9.17, 15) is 5.11 Å². The zero-order chi connectivity index (χ0) is 16.9. The standard InChI is InChI=1S/C20H23N3O/c1-15-6-8-17(9-7-15)13-23-20(10-11-21-23)22-16(2)19-5-3-4-18(12-19)14-24/h3-12,16,22,24H,13-14H2,1-2H3.